The Balaban J connectivity index is 1.39. The Bertz CT molecular complexity index is 1740. The summed E-state index contributed by atoms with van der Waals surface area (Å²) in [5, 5.41) is 17.8. The highest BCUT2D eigenvalue weighted by Crippen LogP contribution is 2.43. The fraction of sp³-hybridized carbons (Fsp3) is 0.452. The molecule has 2 aliphatic heterocycles. The standard InChI is InChI=1S/C31H35N5O6/c1-5-31(41)20-11-23-26-18(12-36(23)29(39)19(20)13-42-30(31)40)16-7-6-8-17-21(9-10-22(34-26)24(16)17)35-27(37)15(4)33-28(38)25(32)14(2)3/h9-11,14-15,25,41H,5-8,12-13,32H2,1-4H3,(H,33,38)(H,35,37)/t15?,25?,31-/m0/s1. The number of aromatic nitrogens is 2. The number of ether oxygens (including phenoxy) is 1. The summed E-state index contributed by atoms with van der Waals surface area (Å²) in [6.07, 6.45) is 2.45. The highest BCUT2D eigenvalue weighted by molar-refractivity contribution is 6.02. The molecule has 3 atom stereocenters. The number of amides is 2. The van der Waals surface area contributed by atoms with Gasteiger partial charge in [-0.1, -0.05) is 20.8 Å². The molecule has 3 aliphatic rings. The number of pyridine rings is 2. The van der Waals surface area contributed by atoms with E-state index in [-0.39, 0.29) is 47.4 Å². The van der Waals surface area contributed by atoms with Crippen molar-refractivity contribution < 1.29 is 24.2 Å². The molecule has 220 valence electrons. The molecule has 1 aliphatic carbocycles. The number of hydrogen-bond donors (Lipinski definition) is 4. The molecule has 1 aromatic carbocycles. The Labute approximate surface area is 242 Å². The molecule has 0 fully saturated rings. The number of fused-ring (bicyclic) bond motifs is 5. The Morgan fingerprint density at radius 3 is 2.57 bits per heavy atom. The Morgan fingerprint density at radius 1 is 1.12 bits per heavy atom. The van der Waals surface area contributed by atoms with Crippen LogP contribution in [-0.2, 0) is 50.7 Å². The van der Waals surface area contributed by atoms with Gasteiger partial charge in [0.25, 0.3) is 5.56 Å². The smallest absolute Gasteiger partial charge is 0.343 e. The molecule has 11 nitrogen and oxygen atoms in total. The van der Waals surface area contributed by atoms with Gasteiger partial charge in [0.05, 0.1) is 35.1 Å². The third-order valence-electron chi connectivity index (χ3n) is 8.96. The molecule has 0 saturated heterocycles. The summed E-state index contributed by atoms with van der Waals surface area (Å²) in [6.45, 7) is 7.14. The van der Waals surface area contributed by atoms with E-state index in [1.54, 1.807) is 24.5 Å². The van der Waals surface area contributed by atoms with Crippen molar-refractivity contribution in [2.75, 3.05) is 5.32 Å². The minimum Gasteiger partial charge on any atom is -0.458 e. The number of carbonyl (C=O) groups is 3. The molecule has 0 saturated carbocycles. The van der Waals surface area contributed by atoms with E-state index in [4.69, 9.17) is 15.5 Å². The first-order valence-electron chi connectivity index (χ1n) is 14.5. The van der Waals surface area contributed by atoms with Gasteiger partial charge in [0.1, 0.15) is 12.6 Å². The summed E-state index contributed by atoms with van der Waals surface area (Å²) in [5.74, 6) is -1.53. The van der Waals surface area contributed by atoms with Gasteiger partial charge in [-0.3, -0.25) is 14.4 Å². The Hall–Kier alpha value is -4.09. The zero-order valence-electron chi connectivity index (χ0n) is 24.2. The topological polar surface area (TPSA) is 166 Å². The number of cyclic esters (lactones) is 1. The van der Waals surface area contributed by atoms with Crippen molar-refractivity contribution >= 4 is 34.4 Å². The van der Waals surface area contributed by atoms with Crippen LogP contribution >= 0.6 is 0 Å². The lowest BCUT2D eigenvalue weighted by Gasteiger charge is -2.31. The van der Waals surface area contributed by atoms with Gasteiger partial charge in [-0.15, -0.1) is 0 Å². The van der Waals surface area contributed by atoms with Gasteiger partial charge in [-0.2, -0.15) is 0 Å². The number of anilines is 1. The van der Waals surface area contributed by atoms with Crippen molar-refractivity contribution in [2.45, 2.75) is 84.2 Å². The molecule has 42 heavy (non-hydrogen) atoms. The lowest BCUT2D eigenvalue weighted by Crippen LogP contribution is -2.50. The first-order valence-corrected chi connectivity index (χ1v) is 14.5. The second-order valence-electron chi connectivity index (χ2n) is 11.8. The molecule has 0 spiro atoms. The molecule has 0 radical (unpaired) electrons. The van der Waals surface area contributed by atoms with E-state index in [1.807, 2.05) is 26.0 Å². The third kappa shape index (κ3) is 4.13. The normalized spacial score (nSPS) is 19.9. The number of nitrogens with two attached hydrogens (primary N) is 1. The molecule has 2 unspecified atom stereocenters. The van der Waals surface area contributed by atoms with Crippen LogP contribution in [0.25, 0.3) is 22.3 Å². The Morgan fingerprint density at radius 2 is 1.86 bits per heavy atom. The van der Waals surface area contributed by atoms with E-state index in [1.165, 1.54) is 0 Å². The van der Waals surface area contributed by atoms with Crippen molar-refractivity contribution in [3.8, 4) is 11.4 Å². The van der Waals surface area contributed by atoms with Crippen molar-refractivity contribution in [3.63, 3.8) is 0 Å². The molecular formula is C31H35N5O6. The quantitative estimate of drug-likeness (QED) is 0.254. The molecule has 3 aromatic rings. The molecule has 4 heterocycles. The van der Waals surface area contributed by atoms with E-state index >= 15 is 0 Å². The molecule has 0 bridgehead atoms. The van der Waals surface area contributed by atoms with Gasteiger partial charge < -0.3 is 30.8 Å². The number of nitrogens with zero attached hydrogens (tertiary/aromatic N) is 2. The molecule has 11 heteroatoms. The van der Waals surface area contributed by atoms with Gasteiger partial charge in [0, 0.05) is 22.2 Å². The molecule has 2 amide bonds. The van der Waals surface area contributed by atoms with Crippen molar-refractivity contribution in [2.24, 2.45) is 11.7 Å². The summed E-state index contributed by atoms with van der Waals surface area (Å²) in [5.41, 5.74) is 9.95. The lowest BCUT2D eigenvalue weighted by atomic mass is 9.85. The minimum atomic E-state index is -1.88. The maximum absolute atomic E-state index is 13.6. The van der Waals surface area contributed by atoms with Crippen LogP contribution in [0.3, 0.4) is 0 Å². The summed E-state index contributed by atoms with van der Waals surface area (Å²) in [6, 6.07) is 3.90. The average Bonchev–Trinajstić information content (AvgIpc) is 3.35. The number of carbonyl (C=O) groups excluding carboxylic acids is 3. The first-order chi connectivity index (χ1) is 20.0. The summed E-state index contributed by atoms with van der Waals surface area (Å²) < 4.78 is 6.83. The first kappa shape index (κ1) is 28.0. The highest BCUT2D eigenvalue weighted by Gasteiger charge is 2.45. The van der Waals surface area contributed by atoms with E-state index in [0.717, 1.165) is 46.9 Å². The Kier molecular flexibility index (Phi) is 6.69. The zero-order valence-corrected chi connectivity index (χ0v) is 24.2. The fourth-order valence-electron chi connectivity index (χ4n) is 6.35. The number of benzene rings is 1. The predicted molar refractivity (Wildman–Crippen MR) is 156 cm³/mol. The number of hydrogen-bond acceptors (Lipinski definition) is 8. The van der Waals surface area contributed by atoms with E-state index in [2.05, 4.69) is 10.6 Å². The van der Waals surface area contributed by atoms with E-state index in [9.17, 15) is 24.3 Å². The number of rotatable bonds is 6. The average molecular weight is 574 g/mol. The summed E-state index contributed by atoms with van der Waals surface area (Å²) >= 11 is 0. The molecular weight excluding hydrogens is 538 g/mol. The maximum atomic E-state index is 13.6. The van der Waals surface area contributed by atoms with Gasteiger partial charge in [0.15, 0.2) is 5.60 Å². The van der Waals surface area contributed by atoms with Gasteiger partial charge in [-0.25, -0.2) is 9.78 Å². The van der Waals surface area contributed by atoms with Gasteiger partial charge in [-0.05, 0) is 67.9 Å². The lowest BCUT2D eigenvalue weighted by molar-refractivity contribution is -0.172. The maximum Gasteiger partial charge on any atom is 0.343 e. The van der Waals surface area contributed by atoms with Gasteiger partial charge >= 0.3 is 5.97 Å². The summed E-state index contributed by atoms with van der Waals surface area (Å²) in [7, 11) is 0. The third-order valence-corrected chi connectivity index (χ3v) is 8.96. The molecule has 5 N–H and O–H groups in total. The number of aryl methyl sites for hydroxylation is 2. The predicted octanol–water partition coefficient (Wildman–Crippen LogP) is 1.99. The summed E-state index contributed by atoms with van der Waals surface area (Å²) in [4.78, 5) is 56.5. The number of nitrogens with one attached hydrogen (secondary N) is 2. The van der Waals surface area contributed by atoms with Crippen LogP contribution in [0.4, 0.5) is 5.69 Å². The van der Waals surface area contributed by atoms with Crippen LogP contribution in [-0.4, -0.2) is 44.5 Å². The molecule has 6 rings (SSSR count). The zero-order chi connectivity index (χ0) is 30.1. The van der Waals surface area contributed by atoms with Gasteiger partial charge in [0.2, 0.25) is 11.8 Å². The highest BCUT2D eigenvalue weighted by atomic mass is 16.6. The largest absolute Gasteiger partial charge is 0.458 e. The number of aliphatic hydroxyl groups is 1. The van der Waals surface area contributed by atoms with Crippen molar-refractivity contribution in [1.82, 2.24) is 14.9 Å². The van der Waals surface area contributed by atoms with Crippen LogP contribution in [0, 0.1) is 5.92 Å². The van der Waals surface area contributed by atoms with E-state index in [0.29, 0.717) is 23.6 Å². The minimum absolute atomic E-state index is 0.0565. The van der Waals surface area contributed by atoms with Crippen LogP contribution in [0.15, 0.2) is 23.0 Å². The van der Waals surface area contributed by atoms with Crippen molar-refractivity contribution in [1.29, 1.82) is 0 Å². The van der Waals surface area contributed by atoms with Crippen molar-refractivity contribution in [3.05, 3.63) is 56.4 Å². The van der Waals surface area contributed by atoms with Crippen LogP contribution in [0.2, 0.25) is 0 Å². The van der Waals surface area contributed by atoms with E-state index < -0.39 is 23.7 Å². The van der Waals surface area contributed by atoms with Crippen LogP contribution < -0.4 is 21.9 Å². The second-order valence-corrected chi connectivity index (χ2v) is 11.8. The van der Waals surface area contributed by atoms with Crippen LogP contribution in [0.5, 0.6) is 0 Å². The fourth-order valence-corrected chi connectivity index (χ4v) is 6.35. The van der Waals surface area contributed by atoms with Crippen LogP contribution in [0.1, 0.15) is 68.4 Å². The second kappa shape index (κ2) is 10.0. The monoisotopic (exact) mass is 573 g/mol. The molecule has 2 aromatic heterocycles. The number of esters is 1. The SMILES string of the molecule is CC[C@@]1(O)C(=O)OCc2c1cc1n(c2=O)Cc2c-1nc1ccc(NC(=O)C(C)NC(=O)C(N)C(C)C)c3c1c2CCC3.